The van der Waals surface area contributed by atoms with Gasteiger partial charge in [0.2, 0.25) is 0 Å². The largest absolute Gasteiger partial charge is 0.522 e. The first kappa shape index (κ1) is 35.8. The molecule has 6 nitrogen and oxygen atoms in total. The van der Waals surface area contributed by atoms with Crippen LogP contribution in [0.1, 0.15) is 89.8 Å². The summed E-state index contributed by atoms with van der Waals surface area (Å²) < 4.78 is 42.4. The molecule has 1 N–H and O–H groups in total. The molecule has 0 spiro atoms. The van der Waals surface area contributed by atoms with Crippen molar-refractivity contribution in [2.24, 2.45) is 5.41 Å². The Morgan fingerprint density at radius 2 is 1.74 bits per heavy atom. The number of ether oxygens (including phenoxy) is 1. The summed E-state index contributed by atoms with van der Waals surface area (Å²) in [5.41, 5.74) is 2.32. The highest BCUT2D eigenvalue weighted by atomic mass is 19.4. The zero-order chi connectivity index (χ0) is 30.6. The van der Waals surface area contributed by atoms with E-state index < -0.39 is 24.4 Å². The normalized spacial score (nSPS) is 18.2. The average molecular weight is 553 g/mol. The summed E-state index contributed by atoms with van der Waals surface area (Å²) in [6.07, 6.45) is 11.7. The Bertz CT molecular complexity index is 1120. The molecule has 0 saturated heterocycles. The molecule has 3 rings (SSSR count). The molecule has 2 aliphatic rings. The first-order valence-electron chi connectivity index (χ1n) is 13.1. The quantitative estimate of drug-likeness (QED) is 0.307. The van der Waals surface area contributed by atoms with Crippen molar-refractivity contribution in [3.63, 3.8) is 0 Å². The van der Waals surface area contributed by atoms with Crippen molar-refractivity contribution in [1.29, 1.82) is 0 Å². The minimum atomic E-state index is -4.63. The molecule has 0 radical (unpaired) electrons. The summed E-state index contributed by atoms with van der Waals surface area (Å²) in [7, 11) is 1.93. The van der Waals surface area contributed by atoms with Crippen LogP contribution in [-0.4, -0.2) is 47.1 Å². The molecule has 218 valence electrons. The highest BCUT2D eigenvalue weighted by molar-refractivity contribution is 5.87. The number of carbonyl (C=O) groups is 1. The van der Waals surface area contributed by atoms with Gasteiger partial charge in [0.1, 0.15) is 5.56 Å². The molecule has 9 heteroatoms. The van der Waals surface area contributed by atoms with E-state index in [1.165, 1.54) is 12.3 Å². The lowest BCUT2D eigenvalue weighted by atomic mass is 9.83. The fourth-order valence-corrected chi connectivity index (χ4v) is 4.38. The molecule has 1 unspecified atom stereocenters. The lowest BCUT2D eigenvalue weighted by Gasteiger charge is -2.44. The number of likely N-dealkylation sites (N-methyl/N-ethyl adjacent to an activating group) is 1. The Hall–Kier alpha value is -3.25. The van der Waals surface area contributed by atoms with Crippen LogP contribution >= 0.6 is 0 Å². The number of carboxylic acid groups (broad SMARTS) is 1. The molecule has 0 amide bonds. The van der Waals surface area contributed by atoms with Crippen LogP contribution in [0.25, 0.3) is 5.70 Å². The maximum Gasteiger partial charge on any atom is 0.522 e. The Morgan fingerprint density at radius 3 is 2.26 bits per heavy atom. The van der Waals surface area contributed by atoms with Crippen molar-refractivity contribution >= 4 is 11.7 Å². The zero-order valence-corrected chi connectivity index (χ0v) is 24.4. The van der Waals surface area contributed by atoms with E-state index in [9.17, 15) is 27.9 Å². The van der Waals surface area contributed by atoms with Crippen LogP contribution < -0.4 is 5.43 Å². The number of rotatable bonds is 5. The first-order chi connectivity index (χ1) is 18.3. The third-order valence-corrected chi connectivity index (χ3v) is 5.98. The molecular formula is C30H43F3N2O4. The minimum absolute atomic E-state index is 0.0670. The molecule has 1 atom stereocenters. The highest BCUT2D eigenvalue weighted by Crippen LogP contribution is 2.41. The lowest BCUT2D eigenvalue weighted by Crippen LogP contribution is -2.42. The summed E-state index contributed by atoms with van der Waals surface area (Å²) >= 11 is 0. The smallest absolute Gasteiger partial charge is 0.477 e. The topological polar surface area (TPSA) is 71.8 Å². The average Bonchev–Trinajstić information content (AvgIpc) is 2.88. The number of hydrogen-bond donors (Lipinski definition) is 1. The number of pyridine rings is 1. The third kappa shape index (κ3) is 10.1. The molecule has 2 heterocycles. The molecular weight excluding hydrogens is 509 g/mol. The van der Waals surface area contributed by atoms with Crippen LogP contribution in [-0.2, 0) is 4.74 Å². The van der Waals surface area contributed by atoms with Gasteiger partial charge in [-0.2, -0.15) is 0 Å². The second-order valence-electron chi connectivity index (χ2n) is 9.54. The maximum atomic E-state index is 12.6. The third-order valence-electron chi connectivity index (χ3n) is 5.98. The fraction of sp³-hybridized carbons (Fsp3) is 0.533. The summed E-state index contributed by atoms with van der Waals surface area (Å²) in [4.78, 5) is 26.2. The first-order valence-corrected chi connectivity index (χ1v) is 13.1. The van der Waals surface area contributed by atoms with Crippen molar-refractivity contribution in [1.82, 2.24) is 9.47 Å². The molecule has 0 aromatic carbocycles. The molecule has 1 aromatic rings. The van der Waals surface area contributed by atoms with Crippen LogP contribution in [0.3, 0.4) is 0 Å². The Morgan fingerprint density at radius 1 is 1.15 bits per heavy atom. The van der Waals surface area contributed by atoms with Gasteiger partial charge in [0.15, 0.2) is 5.43 Å². The predicted octanol–water partition coefficient (Wildman–Crippen LogP) is 7.29. The fourth-order valence-electron chi connectivity index (χ4n) is 4.38. The van der Waals surface area contributed by atoms with Gasteiger partial charge in [0, 0.05) is 25.9 Å². The lowest BCUT2D eigenvalue weighted by molar-refractivity contribution is -0.324. The van der Waals surface area contributed by atoms with Crippen molar-refractivity contribution in [2.75, 3.05) is 20.2 Å². The van der Waals surface area contributed by atoms with E-state index in [0.717, 1.165) is 16.8 Å². The summed E-state index contributed by atoms with van der Waals surface area (Å²) in [5.74, 6) is -1.26. The number of aromatic carboxylic acids is 1. The second-order valence-corrected chi connectivity index (χ2v) is 9.54. The van der Waals surface area contributed by atoms with Gasteiger partial charge in [0.25, 0.3) is 0 Å². The van der Waals surface area contributed by atoms with Crippen LogP contribution in [0.15, 0.2) is 46.4 Å². The van der Waals surface area contributed by atoms with E-state index in [0.29, 0.717) is 25.1 Å². The van der Waals surface area contributed by atoms with Crippen LogP contribution in [0.2, 0.25) is 0 Å². The second kappa shape index (κ2) is 16.0. The maximum absolute atomic E-state index is 12.6. The van der Waals surface area contributed by atoms with Crippen molar-refractivity contribution in [3.8, 4) is 12.8 Å². The Labute approximate surface area is 230 Å². The zero-order valence-electron chi connectivity index (χ0n) is 24.4. The summed E-state index contributed by atoms with van der Waals surface area (Å²) in [6, 6.07) is 1.31. The number of allylic oxidation sites excluding steroid dienone is 5. The number of fused-ring (bicyclic) bond motifs is 1. The van der Waals surface area contributed by atoms with Crippen molar-refractivity contribution < 1.29 is 27.8 Å². The van der Waals surface area contributed by atoms with E-state index in [4.69, 9.17) is 0 Å². The van der Waals surface area contributed by atoms with E-state index in [2.05, 4.69) is 43.3 Å². The molecule has 1 aliphatic carbocycles. The molecule has 39 heavy (non-hydrogen) atoms. The number of nitrogens with zero attached hydrogens (tertiary/aromatic N) is 2. The number of alkyl halides is 3. The predicted molar refractivity (Wildman–Crippen MR) is 151 cm³/mol. The Balaban J connectivity index is 0.00000225. The standard InChI is InChI=1S/C24H29F3N2O4.2C2H6.C2H2/c1-23(2,3)20-14-28(4)21(18-12-19(30)17(22(31)32)13-29(18)20)16-9-5-7-15(11-16)8-6-10-33-24(25,26)27;3*1-2/h5,7,9,12-13,20H,6,8,10-11,14H2,1-4H3,(H,31,32);2*1-2H3;1-2H/b21-16-;;;. The van der Waals surface area contributed by atoms with E-state index in [-0.39, 0.29) is 23.4 Å². The van der Waals surface area contributed by atoms with Gasteiger partial charge in [-0.15, -0.1) is 26.0 Å². The Kier molecular flexibility index (Phi) is 14.7. The minimum Gasteiger partial charge on any atom is -0.477 e. The van der Waals surface area contributed by atoms with Gasteiger partial charge in [-0.3, -0.25) is 9.53 Å². The number of halogens is 3. The van der Waals surface area contributed by atoms with E-state index in [1.54, 1.807) is 0 Å². The van der Waals surface area contributed by atoms with Crippen LogP contribution in [0, 0.1) is 18.3 Å². The van der Waals surface area contributed by atoms with Gasteiger partial charge in [-0.05, 0) is 30.3 Å². The van der Waals surface area contributed by atoms with Crippen LogP contribution in [0.5, 0.6) is 0 Å². The van der Waals surface area contributed by atoms with E-state index in [1.807, 2.05) is 57.5 Å². The molecule has 1 aliphatic heterocycles. The summed E-state index contributed by atoms with van der Waals surface area (Å²) in [5, 5.41) is 9.48. The molecule has 1 aromatic heterocycles. The molecule has 0 fully saturated rings. The molecule has 0 bridgehead atoms. The van der Waals surface area contributed by atoms with Crippen molar-refractivity contribution in [2.45, 2.75) is 80.1 Å². The number of aromatic nitrogens is 1. The van der Waals surface area contributed by atoms with Gasteiger partial charge in [-0.25, -0.2) is 4.79 Å². The SMILES string of the molecule is C#C.CC.CC.CN1CC(C(C)(C)C)n2cc(C(=O)O)c(=O)cc2/C1=C1\C=CC=C(CCCOC(F)(F)F)C1. The van der Waals surface area contributed by atoms with Gasteiger partial charge < -0.3 is 14.6 Å². The van der Waals surface area contributed by atoms with Crippen molar-refractivity contribution in [3.05, 3.63) is 63.1 Å². The number of hydrogen-bond acceptors (Lipinski definition) is 4. The highest BCUT2D eigenvalue weighted by Gasteiger charge is 2.36. The number of terminal acetylenes is 1. The number of carboxylic acids is 1. The van der Waals surface area contributed by atoms with Gasteiger partial charge in [-0.1, -0.05) is 72.3 Å². The van der Waals surface area contributed by atoms with E-state index >= 15 is 0 Å². The van der Waals surface area contributed by atoms with Gasteiger partial charge in [0.05, 0.1) is 24.0 Å². The van der Waals surface area contributed by atoms with Gasteiger partial charge >= 0.3 is 12.3 Å². The monoisotopic (exact) mass is 552 g/mol. The van der Waals surface area contributed by atoms with Crippen LogP contribution in [0.4, 0.5) is 13.2 Å². The summed E-state index contributed by atoms with van der Waals surface area (Å²) in [6.45, 7) is 14.4. The molecule has 0 saturated carbocycles.